The molecule has 0 aliphatic carbocycles. The number of hydrogen-bond donors (Lipinski definition) is 2. The highest BCUT2D eigenvalue weighted by atomic mass is 35.5. The van der Waals surface area contributed by atoms with Gasteiger partial charge in [-0.25, -0.2) is 12.7 Å². The number of sulfonamides is 1. The highest BCUT2D eigenvalue weighted by Crippen LogP contribution is 2.17. The Hall–Kier alpha value is -1.15. The third kappa shape index (κ3) is 4.67. The van der Waals surface area contributed by atoms with Crippen LogP contribution in [0.1, 0.15) is 12.5 Å². The Bertz CT molecular complexity index is 628. The van der Waals surface area contributed by atoms with E-state index in [1.807, 2.05) is 6.92 Å². The van der Waals surface area contributed by atoms with Crippen molar-refractivity contribution in [2.24, 2.45) is 11.8 Å². The van der Waals surface area contributed by atoms with E-state index in [1.165, 1.54) is 18.4 Å². The average molecular weight is 362 g/mol. The smallest absolute Gasteiger partial charge is 0.242 e. The minimum atomic E-state index is -3.41. The van der Waals surface area contributed by atoms with E-state index in [0.717, 1.165) is 18.7 Å². The molecular formula is C15H24ClN3O3S. The largest absolute Gasteiger partial charge is 0.352 e. The van der Waals surface area contributed by atoms with Crippen LogP contribution >= 0.6 is 12.4 Å². The molecule has 1 aromatic rings. The summed E-state index contributed by atoms with van der Waals surface area (Å²) in [5.41, 5.74) is 0.880. The molecule has 6 nitrogen and oxygen atoms in total. The Morgan fingerprint density at radius 1 is 1.30 bits per heavy atom. The first-order valence-corrected chi connectivity index (χ1v) is 8.76. The number of carbonyl (C=O) groups excluding carboxylic acids is 1. The summed E-state index contributed by atoms with van der Waals surface area (Å²) in [6.45, 7) is 4.14. The van der Waals surface area contributed by atoms with Crippen LogP contribution in [0.2, 0.25) is 0 Å². The molecule has 2 N–H and O–H groups in total. The van der Waals surface area contributed by atoms with Gasteiger partial charge in [0, 0.05) is 26.6 Å². The van der Waals surface area contributed by atoms with Gasteiger partial charge in [0.25, 0.3) is 0 Å². The lowest BCUT2D eigenvalue weighted by Gasteiger charge is -2.31. The van der Waals surface area contributed by atoms with Gasteiger partial charge in [0.2, 0.25) is 15.9 Å². The van der Waals surface area contributed by atoms with E-state index in [2.05, 4.69) is 10.6 Å². The fourth-order valence-electron chi connectivity index (χ4n) is 2.22. The minimum absolute atomic E-state index is 0. The molecule has 1 saturated heterocycles. The zero-order valence-electron chi connectivity index (χ0n) is 13.6. The third-order valence-corrected chi connectivity index (χ3v) is 5.93. The topological polar surface area (TPSA) is 78.5 Å². The van der Waals surface area contributed by atoms with E-state index < -0.39 is 10.0 Å². The second kappa shape index (κ2) is 8.10. The predicted molar refractivity (Wildman–Crippen MR) is 91.9 cm³/mol. The van der Waals surface area contributed by atoms with Crippen LogP contribution in [0.4, 0.5) is 0 Å². The maximum atomic E-state index is 12.0. The third-order valence-electron chi connectivity index (χ3n) is 4.10. The van der Waals surface area contributed by atoms with Crippen LogP contribution in [0.5, 0.6) is 0 Å². The molecule has 1 fully saturated rings. The summed E-state index contributed by atoms with van der Waals surface area (Å²) >= 11 is 0. The van der Waals surface area contributed by atoms with E-state index in [-0.39, 0.29) is 29.1 Å². The first-order valence-electron chi connectivity index (χ1n) is 7.32. The molecule has 8 heteroatoms. The highest BCUT2D eigenvalue weighted by molar-refractivity contribution is 7.89. The molecule has 0 radical (unpaired) electrons. The Morgan fingerprint density at radius 3 is 2.30 bits per heavy atom. The summed E-state index contributed by atoms with van der Waals surface area (Å²) in [7, 11) is -0.406. The van der Waals surface area contributed by atoms with Crippen molar-refractivity contribution >= 4 is 28.3 Å². The number of hydrogen-bond acceptors (Lipinski definition) is 4. The van der Waals surface area contributed by atoms with Crippen LogP contribution in [0, 0.1) is 11.8 Å². The molecule has 0 spiro atoms. The summed E-state index contributed by atoms with van der Waals surface area (Å²) in [4.78, 5) is 12.3. The fourth-order valence-corrected chi connectivity index (χ4v) is 3.12. The highest BCUT2D eigenvalue weighted by Gasteiger charge is 2.28. The molecule has 1 heterocycles. The maximum absolute atomic E-state index is 12.0. The summed E-state index contributed by atoms with van der Waals surface area (Å²) in [5, 5.41) is 6.06. The molecule has 1 aliphatic rings. The number of rotatable bonds is 6. The van der Waals surface area contributed by atoms with Gasteiger partial charge < -0.3 is 10.6 Å². The molecule has 1 atom stereocenters. The SMILES string of the molecule is CC(C(=O)NCc1ccc(S(=O)(=O)N(C)C)cc1)C1CNC1.Cl. The molecule has 0 bridgehead atoms. The van der Waals surface area contributed by atoms with Gasteiger partial charge in [-0.1, -0.05) is 19.1 Å². The lowest BCUT2D eigenvalue weighted by molar-refractivity contribution is -0.126. The van der Waals surface area contributed by atoms with Gasteiger partial charge in [-0.3, -0.25) is 4.79 Å². The van der Waals surface area contributed by atoms with E-state index in [0.29, 0.717) is 12.5 Å². The number of carbonyl (C=O) groups is 1. The summed E-state index contributed by atoms with van der Waals surface area (Å²) in [6, 6.07) is 6.59. The Balaban J connectivity index is 0.00000264. The van der Waals surface area contributed by atoms with E-state index >= 15 is 0 Å². The zero-order valence-corrected chi connectivity index (χ0v) is 15.2. The summed E-state index contributed by atoms with van der Waals surface area (Å²) in [5.74, 6) is 0.443. The molecule has 1 amide bonds. The van der Waals surface area contributed by atoms with Gasteiger partial charge in [-0.15, -0.1) is 12.4 Å². The lowest BCUT2D eigenvalue weighted by atomic mass is 9.88. The zero-order chi connectivity index (χ0) is 16.3. The van der Waals surface area contributed by atoms with Crippen molar-refractivity contribution in [1.29, 1.82) is 0 Å². The number of nitrogens with zero attached hydrogens (tertiary/aromatic N) is 1. The average Bonchev–Trinajstić information content (AvgIpc) is 2.43. The molecule has 2 rings (SSSR count). The monoisotopic (exact) mass is 361 g/mol. The number of amides is 1. The van der Waals surface area contributed by atoms with Crippen molar-refractivity contribution in [2.75, 3.05) is 27.2 Å². The van der Waals surface area contributed by atoms with Crippen molar-refractivity contribution in [1.82, 2.24) is 14.9 Å². The normalized spacial score (nSPS) is 16.3. The van der Waals surface area contributed by atoms with Gasteiger partial charge in [0.1, 0.15) is 0 Å². The second-order valence-electron chi connectivity index (χ2n) is 5.86. The molecule has 1 aromatic carbocycles. The maximum Gasteiger partial charge on any atom is 0.242 e. The van der Waals surface area contributed by atoms with Gasteiger partial charge in [-0.2, -0.15) is 0 Å². The standard InChI is InChI=1S/C15H23N3O3S.ClH/c1-11(13-9-16-10-13)15(19)17-8-12-4-6-14(7-5-12)22(20,21)18(2)3;/h4-7,11,13,16H,8-10H2,1-3H3,(H,17,19);1H. The number of nitrogens with one attached hydrogen (secondary N) is 2. The summed E-state index contributed by atoms with van der Waals surface area (Å²) in [6.07, 6.45) is 0. The van der Waals surface area contributed by atoms with E-state index in [1.54, 1.807) is 24.3 Å². The molecule has 0 aromatic heterocycles. The van der Waals surface area contributed by atoms with Crippen molar-refractivity contribution in [3.05, 3.63) is 29.8 Å². The second-order valence-corrected chi connectivity index (χ2v) is 8.01. The molecule has 130 valence electrons. The van der Waals surface area contributed by atoms with Crippen LogP contribution < -0.4 is 10.6 Å². The van der Waals surface area contributed by atoms with E-state index in [9.17, 15) is 13.2 Å². The molecular weight excluding hydrogens is 338 g/mol. The van der Waals surface area contributed by atoms with E-state index in [4.69, 9.17) is 0 Å². The van der Waals surface area contributed by atoms with Crippen LogP contribution in [0.15, 0.2) is 29.2 Å². The van der Waals surface area contributed by atoms with Gasteiger partial charge in [0.05, 0.1) is 4.90 Å². The Kier molecular flexibility index (Phi) is 7.01. The molecule has 1 unspecified atom stereocenters. The Labute approximate surface area is 144 Å². The van der Waals surface area contributed by atoms with Crippen molar-refractivity contribution in [2.45, 2.75) is 18.4 Å². The van der Waals surface area contributed by atoms with Gasteiger partial charge in [0.15, 0.2) is 0 Å². The minimum Gasteiger partial charge on any atom is -0.352 e. The number of halogens is 1. The quantitative estimate of drug-likeness (QED) is 0.786. The fraction of sp³-hybridized carbons (Fsp3) is 0.533. The van der Waals surface area contributed by atoms with Gasteiger partial charge >= 0.3 is 0 Å². The predicted octanol–water partition coefficient (Wildman–Crippen LogP) is 0.830. The van der Waals surface area contributed by atoms with Crippen molar-refractivity contribution in [3.8, 4) is 0 Å². The summed E-state index contributed by atoms with van der Waals surface area (Å²) < 4.78 is 25.1. The van der Waals surface area contributed by atoms with Crippen molar-refractivity contribution in [3.63, 3.8) is 0 Å². The van der Waals surface area contributed by atoms with Crippen LogP contribution in [0.3, 0.4) is 0 Å². The van der Waals surface area contributed by atoms with Crippen LogP contribution in [-0.4, -0.2) is 45.8 Å². The molecule has 23 heavy (non-hydrogen) atoms. The Morgan fingerprint density at radius 2 is 1.87 bits per heavy atom. The van der Waals surface area contributed by atoms with Crippen LogP contribution in [-0.2, 0) is 21.4 Å². The van der Waals surface area contributed by atoms with Gasteiger partial charge in [-0.05, 0) is 36.7 Å². The lowest BCUT2D eigenvalue weighted by Crippen LogP contribution is -2.49. The molecule has 0 saturated carbocycles. The first kappa shape index (κ1) is 19.9. The number of benzene rings is 1. The first-order chi connectivity index (χ1) is 10.3. The molecule has 1 aliphatic heterocycles. The van der Waals surface area contributed by atoms with Crippen LogP contribution in [0.25, 0.3) is 0 Å². The van der Waals surface area contributed by atoms with Crippen molar-refractivity contribution < 1.29 is 13.2 Å².